The Balaban J connectivity index is 1.80. The Kier molecular flexibility index (Phi) is 5.50. The normalized spacial score (nSPS) is 22.4. The van der Waals surface area contributed by atoms with Crippen molar-refractivity contribution < 1.29 is 23.1 Å². The van der Waals surface area contributed by atoms with Crippen molar-refractivity contribution in [3.8, 4) is 0 Å². The quantitative estimate of drug-likeness (QED) is 0.844. The number of hydrogen-bond acceptors (Lipinski definition) is 4. The molecule has 7 nitrogen and oxygen atoms in total. The van der Waals surface area contributed by atoms with Gasteiger partial charge in [0.25, 0.3) is 5.91 Å². The second kappa shape index (κ2) is 7.65. The van der Waals surface area contributed by atoms with Crippen LogP contribution in [0.5, 0.6) is 0 Å². The molecule has 0 saturated carbocycles. The lowest BCUT2D eigenvalue weighted by molar-refractivity contribution is -0.137. The maximum atomic E-state index is 13.0. The molecular weight excluding hydrogens is 356 g/mol. The van der Waals surface area contributed by atoms with Crippen LogP contribution in [0.15, 0.2) is 24.3 Å². The summed E-state index contributed by atoms with van der Waals surface area (Å²) >= 11 is 0. The molecule has 1 unspecified atom stereocenters. The highest BCUT2D eigenvalue weighted by Crippen LogP contribution is 2.27. The summed E-state index contributed by atoms with van der Waals surface area (Å²) in [7, 11) is -3.29. The van der Waals surface area contributed by atoms with Gasteiger partial charge in [-0.1, -0.05) is 6.07 Å². The number of piperidine rings is 1. The molecule has 0 radical (unpaired) electrons. The van der Waals surface area contributed by atoms with E-state index in [0.29, 0.717) is 37.2 Å². The van der Waals surface area contributed by atoms with Crippen LogP contribution in [-0.2, 0) is 14.8 Å². The third-order valence-corrected chi connectivity index (χ3v) is 6.93. The van der Waals surface area contributed by atoms with Crippen LogP contribution < -0.4 is 4.31 Å². The first-order valence-electron chi connectivity index (χ1n) is 9.02. The Hall–Kier alpha value is -2.09. The number of likely N-dealkylation sites (tertiary alicyclic amines) is 1. The highest BCUT2D eigenvalue weighted by atomic mass is 32.2. The Morgan fingerprint density at radius 3 is 2.65 bits per heavy atom. The molecule has 2 aliphatic rings. The van der Waals surface area contributed by atoms with Crippen molar-refractivity contribution in [3.05, 3.63) is 29.8 Å². The molecule has 1 atom stereocenters. The minimum atomic E-state index is -3.29. The van der Waals surface area contributed by atoms with Crippen LogP contribution in [0.1, 0.15) is 48.9 Å². The summed E-state index contributed by atoms with van der Waals surface area (Å²) in [6.07, 6.45) is 3.76. The van der Waals surface area contributed by atoms with E-state index in [0.717, 1.165) is 19.3 Å². The first kappa shape index (κ1) is 18.7. The van der Waals surface area contributed by atoms with Gasteiger partial charge in [-0.05, 0) is 50.3 Å². The minimum Gasteiger partial charge on any atom is -0.481 e. The molecule has 26 heavy (non-hydrogen) atoms. The molecule has 0 spiro atoms. The lowest BCUT2D eigenvalue weighted by atomic mass is 9.97. The van der Waals surface area contributed by atoms with Crippen LogP contribution in [0.2, 0.25) is 0 Å². The van der Waals surface area contributed by atoms with E-state index in [1.807, 2.05) is 0 Å². The monoisotopic (exact) mass is 380 g/mol. The van der Waals surface area contributed by atoms with Crippen molar-refractivity contribution in [2.24, 2.45) is 0 Å². The zero-order valence-electron chi connectivity index (χ0n) is 14.6. The van der Waals surface area contributed by atoms with E-state index in [4.69, 9.17) is 5.11 Å². The number of carbonyl (C=O) groups excluding carboxylic acids is 1. The number of aliphatic carboxylic acids is 1. The second-order valence-electron chi connectivity index (χ2n) is 6.87. The Labute approximate surface area is 153 Å². The maximum absolute atomic E-state index is 13.0. The smallest absolute Gasteiger partial charge is 0.303 e. The van der Waals surface area contributed by atoms with E-state index in [1.165, 1.54) is 4.31 Å². The molecule has 0 bridgehead atoms. The molecule has 1 aromatic rings. The van der Waals surface area contributed by atoms with Gasteiger partial charge in [-0.25, -0.2) is 8.42 Å². The number of anilines is 1. The molecular formula is C18H24N2O5S. The summed E-state index contributed by atoms with van der Waals surface area (Å²) in [6, 6.07) is 6.65. The van der Waals surface area contributed by atoms with Crippen molar-refractivity contribution in [3.63, 3.8) is 0 Å². The number of nitrogens with zero attached hydrogens (tertiary/aromatic N) is 2. The number of benzene rings is 1. The maximum Gasteiger partial charge on any atom is 0.303 e. The van der Waals surface area contributed by atoms with Crippen LogP contribution in [0, 0.1) is 0 Å². The number of amides is 1. The van der Waals surface area contributed by atoms with E-state index in [2.05, 4.69) is 0 Å². The fraction of sp³-hybridized carbons (Fsp3) is 0.556. The number of rotatable bonds is 5. The zero-order chi connectivity index (χ0) is 18.7. The fourth-order valence-electron chi connectivity index (χ4n) is 3.75. The van der Waals surface area contributed by atoms with Crippen LogP contribution >= 0.6 is 0 Å². The van der Waals surface area contributed by atoms with Crippen molar-refractivity contribution in [1.29, 1.82) is 0 Å². The van der Waals surface area contributed by atoms with Gasteiger partial charge in [0, 0.05) is 31.1 Å². The number of carboxylic acids is 1. The second-order valence-corrected chi connectivity index (χ2v) is 8.89. The predicted molar refractivity (Wildman–Crippen MR) is 97.7 cm³/mol. The highest BCUT2D eigenvalue weighted by molar-refractivity contribution is 7.93. The first-order chi connectivity index (χ1) is 12.4. The van der Waals surface area contributed by atoms with E-state index in [1.54, 1.807) is 29.2 Å². The van der Waals surface area contributed by atoms with Gasteiger partial charge < -0.3 is 10.0 Å². The topological polar surface area (TPSA) is 95.0 Å². The van der Waals surface area contributed by atoms with Crippen LogP contribution in [0.4, 0.5) is 5.69 Å². The summed E-state index contributed by atoms with van der Waals surface area (Å²) in [4.78, 5) is 25.6. The van der Waals surface area contributed by atoms with Gasteiger partial charge in [0.1, 0.15) is 0 Å². The molecule has 2 heterocycles. The Morgan fingerprint density at radius 1 is 1.15 bits per heavy atom. The molecule has 142 valence electrons. The van der Waals surface area contributed by atoms with Gasteiger partial charge >= 0.3 is 5.97 Å². The molecule has 3 rings (SSSR count). The lowest BCUT2D eigenvalue weighted by Gasteiger charge is -2.36. The standard InChI is InChI=1S/C18H24N2O5S/c21-17(22)9-8-15-6-1-2-10-19(15)18(23)14-5-3-7-16(13-14)20-11-4-12-26(20,24)25/h3,5,7,13,15H,1-2,4,6,8-12H2,(H,21,22). The Morgan fingerprint density at radius 2 is 1.96 bits per heavy atom. The first-order valence-corrected chi connectivity index (χ1v) is 10.6. The van der Waals surface area contributed by atoms with Gasteiger partial charge in [-0.2, -0.15) is 0 Å². The summed E-state index contributed by atoms with van der Waals surface area (Å²) in [5.41, 5.74) is 0.972. The molecule has 2 fully saturated rings. The van der Waals surface area contributed by atoms with Crippen molar-refractivity contribution in [2.45, 2.75) is 44.6 Å². The molecule has 8 heteroatoms. The minimum absolute atomic E-state index is 0.0422. The molecule has 1 aromatic carbocycles. The zero-order valence-corrected chi connectivity index (χ0v) is 15.5. The summed E-state index contributed by atoms with van der Waals surface area (Å²) in [5, 5.41) is 8.93. The van der Waals surface area contributed by atoms with Crippen molar-refractivity contribution >= 4 is 27.6 Å². The molecule has 0 aromatic heterocycles. The van der Waals surface area contributed by atoms with E-state index < -0.39 is 16.0 Å². The van der Waals surface area contributed by atoms with Crippen LogP contribution in [0.25, 0.3) is 0 Å². The molecule has 2 aliphatic heterocycles. The molecule has 1 amide bonds. The lowest BCUT2D eigenvalue weighted by Crippen LogP contribution is -2.44. The van der Waals surface area contributed by atoms with Gasteiger partial charge in [-0.15, -0.1) is 0 Å². The average Bonchev–Trinajstić information content (AvgIpc) is 2.99. The SMILES string of the molecule is O=C(O)CCC1CCCCN1C(=O)c1cccc(N2CCCS2(=O)=O)c1. The van der Waals surface area contributed by atoms with E-state index >= 15 is 0 Å². The third kappa shape index (κ3) is 4.00. The molecule has 0 aliphatic carbocycles. The number of sulfonamides is 1. The van der Waals surface area contributed by atoms with Gasteiger partial charge in [0.05, 0.1) is 11.4 Å². The van der Waals surface area contributed by atoms with Crippen LogP contribution in [0.3, 0.4) is 0 Å². The predicted octanol–water partition coefficient (Wildman–Crippen LogP) is 2.09. The number of carboxylic acid groups (broad SMARTS) is 1. The summed E-state index contributed by atoms with van der Waals surface area (Å²) < 4.78 is 25.6. The third-order valence-electron chi connectivity index (χ3n) is 5.06. The fourth-order valence-corrected chi connectivity index (χ4v) is 5.30. The van der Waals surface area contributed by atoms with Gasteiger partial charge in [0.15, 0.2) is 0 Å². The highest BCUT2D eigenvalue weighted by Gasteiger charge is 2.31. The van der Waals surface area contributed by atoms with Gasteiger partial charge in [0.2, 0.25) is 10.0 Å². The molecule has 1 N–H and O–H groups in total. The number of carbonyl (C=O) groups is 2. The summed E-state index contributed by atoms with van der Waals surface area (Å²) in [6.45, 7) is 1.04. The largest absolute Gasteiger partial charge is 0.481 e. The average molecular weight is 380 g/mol. The van der Waals surface area contributed by atoms with E-state index in [-0.39, 0.29) is 24.1 Å². The van der Waals surface area contributed by atoms with E-state index in [9.17, 15) is 18.0 Å². The summed E-state index contributed by atoms with van der Waals surface area (Å²) in [5.74, 6) is -0.878. The Bertz CT molecular complexity index is 793. The van der Waals surface area contributed by atoms with Crippen molar-refractivity contribution in [1.82, 2.24) is 4.90 Å². The van der Waals surface area contributed by atoms with Crippen molar-refractivity contribution in [2.75, 3.05) is 23.1 Å². The molecule has 2 saturated heterocycles. The van der Waals surface area contributed by atoms with Gasteiger partial charge in [-0.3, -0.25) is 13.9 Å². The van der Waals surface area contributed by atoms with Crippen LogP contribution in [-0.4, -0.2) is 55.2 Å². The number of hydrogen-bond donors (Lipinski definition) is 1.